The summed E-state index contributed by atoms with van der Waals surface area (Å²) in [6.07, 6.45) is 19.0. The molecule has 0 aromatic rings. The lowest BCUT2D eigenvalue weighted by molar-refractivity contribution is -0.137. The van der Waals surface area contributed by atoms with Crippen LogP contribution in [0.2, 0.25) is 0 Å². The quantitative estimate of drug-likeness (QED) is 0.695. The number of aliphatic hydroxyl groups is 1. The van der Waals surface area contributed by atoms with Crippen LogP contribution in [0.4, 0.5) is 0 Å². The second-order valence-electron chi connectivity index (χ2n) is 9.25. The van der Waals surface area contributed by atoms with Crippen molar-refractivity contribution >= 4 is 5.91 Å². The molecule has 2 bridgehead atoms. The van der Waals surface area contributed by atoms with Crippen LogP contribution >= 0.6 is 0 Å². The van der Waals surface area contributed by atoms with Crippen molar-refractivity contribution in [3.05, 3.63) is 35.6 Å². The Labute approximate surface area is 151 Å². The highest BCUT2D eigenvalue weighted by Gasteiger charge is 2.55. The van der Waals surface area contributed by atoms with Crippen LogP contribution in [0.1, 0.15) is 71.6 Å². The fourth-order valence-electron chi connectivity index (χ4n) is 5.55. The van der Waals surface area contributed by atoms with Gasteiger partial charge in [0.1, 0.15) is 0 Å². The molecule has 1 amide bonds. The van der Waals surface area contributed by atoms with Gasteiger partial charge in [0.25, 0.3) is 5.91 Å². The van der Waals surface area contributed by atoms with E-state index in [9.17, 15) is 9.90 Å². The highest BCUT2D eigenvalue weighted by molar-refractivity contribution is 5.97. The number of rotatable bonds is 1. The number of nitrogens with one attached hydrogen (secondary N) is 1. The molecule has 0 aromatic carbocycles. The molecule has 3 nitrogen and oxygen atoms in total. The first-order valence-electron chi connectivity index (χ1n) is 10.1. The highest BCUT2D eigenvalue weighted by Crippen LogP contribution is 2.53. The summed E-state index contributed by atoms with van der Waals surface area (Å²) in [6.45, 7) is 4.42. The van der Waals surface area contributed by atoms with E-state index in [4.69, 9.17) is 0 Å². The van der Waals surface area contributed by atoms with Gasteiger partial charge in [-0.2, -0.15) is 0 Å². The summed E-state index contributed by atoms with van der Waals surface area (Å²) in [5.74, 6) is -0.178. The number of hydrogen-bond acceptors (Lipinski definition) is 2. The first-order valence-corrected chi connectivity index (χ1v) is 10.1. The molecule has 4 rings (SSSR count). The maximum Gasteiger partial charge on any atom is 0.261 e. The maximum atomic E-state index is 12.9. The van der Waals surface area contributed by atoms with Gasteiger partial charge < -0.3 is 10.4 Å². The van der Waals surface area contributed by atoms with E-state index in [2.05, 4.69) is 43.5 Å². The lowest BCUT2D eigenvalue weighted by atomic mass is 9.74. The van der Waals surface area contributed by atoms with Crippen molar-refractivity contribution in [3.63, 3.8) is 0 Å². The van der Waals surface area contributed by atoms with Gasteiger partial charge in [-0.1, -0.05) is 76.7 Å². The van der Waals surface area contributed by atoms with Gasteiger partial charge in [0.05, 0.1) is 0 Å². The van der Waals surface area contributed by atoms with E-state index in [1.165, 1.54) is 25.7 Å². The van der Waals surface area contributed by atoms with Gasteiger partial charge in [0.2, 0.25) is 0 Å². The topological polar surface area (TPSA) is 49.3 Å². The van der Waals surface area contributed by atoms with Crippen LogP contribution in [-0.2, 0) is 4.79 Å². The second-order valence-corrected chi connectivity index (χ2v) is 9.25. The first-order chi connectivity index (χ1) is 11.8. The molecule has 3 unspecified atom stereocenters. The Morgan fingerprint density at radius 3 is 2.16 bits per heavy atom. The third-order valence-corrected chi connectivity index (χ3v) is 6.80. The molecule has 1 saturated carbocycles. The molecule has 3 heteroatoms. The molecular weight excluding hydrogens is 310 g/mol. The molecule has 3 atom stereocenters. The Bertz CT molecular complexity index is 666. The SMILES string of the molecule is CC12C=CC(C)(C=C3C(=C1)NC(=O)C3(O)C1CCCCCCCC1)C2. The fraction of sp³-hybridized carbons (Fsp3) is 0.682. The molecule has 2 fully saturated rings. The number of allylic oxidation sites excluding steroid dienone is 4. The highest BCUT2D eigenvalue weighted by atomic mass is 16.3. The number of hydrogen-bond donors (Lipinski definition) is 2. The molecule has 0 radical (unpaired) electrons. The van der Waals surface area contributed by atoms with Gasteiger partial charge in [-0.05, 0) is 19.3 Å². The largest absolute Gasteiger partial charge is 0.375 e. The first kappa shape index (κ1) is 17.1. The number of carbonyl (C=O) groups excluding carboxylic acids is 1. The summed E-state index contributed by atoms with van der Waals surface area (Å²) >= 11 is 0. The molecule has 1 heterocycles. The Hall–Kier alpha value is -1.35. The number of carbonyl (C=O) groups is 1. The number of fused-ring (bicyclic) bond motifs is 3. The molecule has 25 heavy (non-hydrogen) atoms. The van der Waals surface area contributed by atoms with Crippen LogP contribution in [0.3, 0.4) is 0 Å². The van der Waals surface area contributed by atoms with Crippen molar-refractivity contribution in [3.8, 4) is 0 Å². The predicted molar refractivity (Wildman–Crippen MR) is 99.7 cm³/mol. The Kier molecular flexibility index (Phi) is 3.99. The second kappa shape index (κ2) is 5.84. The van der Waals surface area contributed by atoms with E-state index in [1.54, 1.807) is 0 Å². The average molecular weight is 341 g/mol. The monoisotopic (exact) mass is 341 g/mol. The third-order valence-electron chi connectivity index (χ3n) is 6.80. The van der Waals surface area contributed by atoms with Crippen LogP contribution in [0.15, 0.2) is 35.6 Å². The van der Waals surface area contributed by atoms with Crippen molar-refractivity contribution < 1.29 is 9.90 Å². The predicted octanol–water partition coefficient (Wildman–Crippen LogP) is 4.39. The van der Waals surface area contributed by atoms with Crippen molar-refractivity contribution in [1.29, 1.82) is 0 Å². The standard InChI is InChI=1S/C22H31NO2/c1-20-11-12-21(2,15-20)14-18-17(13-20)22(25,19(24)23-18)16-9-7-5-3-4-6-8-10-16/h11-14,16,25H,3-10,15H2,1-2H3,(H,23,24). The minimum atomic E-state index is -1.35. The van der Waals surface area contributed by atoms with E-state index in [0.29, 0.717) is 0 Å². The van der Waals surface area contributed by atoms with E-state index in [0.717, 1.165) is 43.4 Å². The van der Waals surface area contributed by atoms with E-state index in [-0.39, 0.29) is 22.7 Å². The van der Waals surface area contributed by atoms with Gasteiger partial charge in [-0.15, -0.1) is 0 Å². The fourth-order valence-corrected chi connectivity index (χ4v) is 5.55. The summed E-state index contributed by atoms with van der Waals surface area (Å²) in [5, 5.41) is 14.7. The average Bonchev–Trinajstić information content (AvgIpc) is 2.98. The van der Waals surface area contributed by atoms with Crippen molar-refractivity contribution in [1.82, 2.24) is 5.32 Å². The summed E-state index contributed by atoms with van der Waals surface area (Å²) in [4.78, 5) is 12.9. The zero-order valence-corrected chi connectivity index (χ0v) is 15.6. The lowest BCUT2D eigenvalue weighted by Gasteiger charge is -2.33. The summed E-state index contributed by atoms with van der Waals surface area (Å²) in [6, 6.07) is 0. The Morgan fingerprint density at radius 1 is 0.960 bits per heavy atom. The molecule has 4 aliphatic rings. The Balaban J connectivity index is 1.74. The summed E-state index contributed by atoms with van der Waals surface area (Å²) in [5.41, 5.74) is 0.217. The van der Waals surface area contributed by atoms with E-state index >= 15 is 0 Å². The van der Waals surface area contributed by atoms with Gasteiger partial charge in [0.15, 0.2) is 5.60 Å². The van der Waals surface area contributed by atoms with Crippen LogP contribution in [-0.4, -0.2) is 16.6 Å². The molecule has 1 saturated heterocycles. The Morgan fingerprint density at radius 2 is 1.52 bits per heavy atom. The molecule has 136 valence electrons. The van der Waals surface area contributed by atoms with Gasteiger partial charge in [-0.3, -0.25) is 4.79 Å². The smallest absolute Gasteiger partial charge is 0.261 e. The lowest BCUT2D eigenvalue weighted by Crippen LogP contribution is -2.46. The van der Waals surface area contributed by atoms with E-state index in [1.807, 2.05) is 0 Å². The molecule has 0 aromatic heterocycles. The summed E-state index contributed by atoms with van der Waals surface area (Å²) in [7, 11) is 0. The van der Waals surface area contributed by atoms with Crippen molar-refractivity contribution in [2.45, 2.75) is 77.2 Å². The van der Waals surface area contributed by atoms with Crippen LogP contribution < -0.4 is 5.32 Å². The summed E-state index contributed by atoms with van der Waals surface area (Å²) < 4.78 is 0. The zero-order chi connectivity index (χ0) is 17.7. The normalized spacial score (nSPS) is 41.8. The van der Waals surface area contributed by atoms with Crippen LogP contribution in [0.25, 0.3) is 0 Å². The minimum Gasteiger partial charge on any atom is -0.375 e. The van der Waals surface area contributed by atoms with Gasteiger partial charge in [-0.25, -0.2) is 0 Å². The van der Waals surface area contributed by atoms with Gasteiger partial charge >= 0.3 is 0 Å². The molecule has 0 spiro atoms. The van der Waals surface area contributed by atoms with Gasteiger partial charge in [0, 0.05) is 28.0 Å². The molecule has 1 aliphatic heterocycles. The van der Waals surface area contributed by atoms with E-state index < -0.39 is 5.60 Å². The molecular formula is C22H31NO2. The zero-order valence-electron chi connectivity index (χ0n) is 15.6. The molecule has 3 aliphatic carbocycles. The van der Waals surface area contributed by atoms with Crippen molar-refractivity contribution in [2.24, 2.45) is 16.7 Å². The van der Waals surface area contributed by atoms with Crippen molar-refractivity contribution in [2.75, 3.05) is 0 Å². The maximum absolute atomic E-state index is 12.9. The number of amides is 1. The minimum absolute atomic E-state index is 0.0276. The third kappa shape index (κ3) is 2.81. The van der Waals surface area contributed by atoms with Crippen LogP contribution in [0, 0.1) is 16.7 Å². The molecule has 2 N–H and O–H groups in total. The van der Waals surface area contributed by atoms with Crippen LogP contribution in [0.5, 0.6) is 0 Å².